The number of carbonyl (C=O) groups is 1. The second kappa shape index (κ2) is 7.79. The third-order valence-corrected chi connectivity index (χ3v) is 6.19. The van der Waals surface area contributed by atoms with Crippen LogP contribution in [0.5, 0.6) is 11.5 Å². The van der Waals surface area contributed by atoms with Crippen molar-refractivity contribution in [2.45, 2.75) is 6.04 Å². The first-order chi connectivity index (χ1) is 15.5. The highest BCUT2D eigenvalue weighted by molar-refractivity contribution is 7.08. The largest absolute Gasteiger partial charge is 0.502 e. The minimum atomic E-state index is -1.11. The third kappa shape index (κ3) is 3.14. The summed E-state index contributed by atoms with van der Waals surface area (Å²) in [6, 6.07) is 4.76. The molecule has 1 atom stereocenters. The van der Waals surface area contributed by atoms with Gasteiger partial charge >= 0.3 is 0 Å². The number of rotatable bonds is 1. The number of benzene rings is 1. The van der Waals surface area contributed by atoms with Crippen LogP contribution >= 0.6 is 11.3 Å². The first-order valence-electron chi connectivity index (χ1n) is 9.76. The first-order valence-corrected chi connectivity index (χ1v) is 10.7. The van der Waals surface area contributed by atoms with Crippen LogP contribution in [0.15, 0.2) is 58.2 Å². The van der Waals surface area contributed by atoms with Crippen molar-refractivity contribution in [1.29, 1.82) is 0 Å². The Morgan fingerprint density at radius 1 is 1.12 bits per heavy atom. The molecule has 10 heteroatoms. The number of amides is 1. The van der Waals surface area contributed by atoms with Gasteiger partial charge < -0.3 is 14.7 Å². The molecule has 0 radical (unpaired) electrons. The van der Waals surface area contributed by atoms with E-state index in [9.17, 15) is 23.5 Å². The number of nitrogens with zero attached hydrogens (tertiary/aromatic N) is 3. The lowest BCUT2D eigenvalue weighted by molar-refractivity contribution is 0.0701. The van der Waals surface area contributed by atoms with Gasteiger partial charge in [0.2, 0.25) is 11.2 Å². The summed E-state index contributed by atoms with van der Waals surface area (Å²) in [5.74, 6) is -3.57. The zero-order valence-corrected chi connectivity index (χ0v) is 17.4. The van der Waals surface area contributed by atoms with Crippen molar-refractivity contribution in [1.82, 2.24) is 9.58 Å². The van der Waals surface area contributed by atoms with Crippen LogP contribution in [0.2, 0.25) is 0 Å². The normalized spacial score (nSPS) is 18.9. The zero-order valence-electron chi connectivity index (χ0n) is 16.6. The second-order valence-electron chi connectivity index (χ2n) is 7.35. The molecule has 0 saturated heterocycles. The number of halogens is 2. The number of ether oxygens (including phenoxy) is 1. The molecule has 3 aromatic rings. The van der Waals surface area contributed by atoms with Gasteiger partial charge in [-0.3, -0.25) is 19.3 Å². The van der Waals surface area contributed by atoms with Crippen LogP contribution in [0.4, 0.5) is 8.78 Å². The molecular weight excluding hydrogens is 440 g/mol. The van der Waals surface area contributed by atoms with Crippen LogP contribution in [-0.2, 0) is 0 Å². The van der Waals surface area contributed by atoms with Crippen molar-refractivity contribution in [3.8, 4) is 11.5 Å². The van der Waals surface area contributed by atoms with Crippen LogP contribution < -0.4 is 15.2 Å². The number of pyridine rings is 1. The third-order valence-electron chi connectivity index (χ3n) is 5.48. The fraction of sp³-hybridized carbons (Fsp3) is 0.182. The lowest BCUT2D eigenvalue weighted by atomic mass is 9.98. The van der Waals surface area contributed by atoms with Gasteiger partial charge in [0.05, 0.1) is 0 Å². The summed E-state index contributed by atoms with van der Waals surface area (Å²) < 4.78 is 36.0. The van der Waals surface area contributed by atoms with Crippen LogP contribution in [0.1, 0.15) is 27.7 Å². The molecule has 0 fully saturated rings. The van der Waals surface area contributed by atoms with E-state index in [1.165, 1.54) is 33.2 Å². The lowest BCUT2D eigenvalue weighted by Crippen LogP contribution is -2.55. The van der Waals surface area contributed by atoms with E-state index in [1.54, 1.807) is 17.2 Å². The highest BCUT2D eigenvalue weighted by atomic mass is 32.1. The van der Waals surface area contributed by atoms with Crippen molar-refractivity contribution in [3.63, 3.8) is 0 Å². The van der Waals surface area contributed by atoms with Gasteiger partial charge in [-0.15, -0.1) is 0 Å². The molecule has 2 bridgehead atoms. The maximum Gasteiger partial charge on any atom is 0.278 e. The van der Waals surface area contributed by atoms with Gasteiger partial charge in [0.15, 0.2) is 23.0 Å². The van der Waals surface area contributed by atoms with E-state index in [2.05, 4.69) is 0 Å². The molecular formula is C22H17F2N3O4S. The standard InChI is InChI=1S/C22H17F2N3O4S/c23-15-4-3-14-18(13-6-10-32-11-13)27-12-25(7-1-2-9-31-21(14)17(15)24)22(30)19-20(29)16(28)5-8-26(19)27/h1-6,8,10-11,18,29H,7,9,12H2/b2-1-/t18-/m0/s1. The van der Waals surface area contributed by atoms with Gasteiger partial charge in [-0.1, -0.05) is 6.08 Å². The number of carbonyl (C=O) groups excluding carboxylic acids is 1. The summed E-state index contributed by atoms with van der Waals surface area (Å²) in [5, 5.41) is 15.9. The Morgan fingerprint density at radius 3 is 2.75 bits per heavy atom. The van der Waals surface area contributed by atoms with Gasteiger partial charge in [-0.05, 0) is 40.6 Å². The minimum absolute atomic E-state index is 0.0260. The number of aromatic nitrogens is 1. The molecule has 2 aromatic heterocycles. The Morgan fingerprint density at radius 2 is 1.97 bits per heavy atom. The number of hydrogen-bond acceptors (Lipinski definition) is 6. The summed E-state index contributed by atoms with van der Waals surface area (Å²) >= 11 is 1.42. The predicted octanol–water partition coefficient (Wildman–Crippen LogP) is 2.98. The SMILES string of the molecule is O=C1c2c(O)c(=O)ccn2N2CN1C/C=C\COc1c(ccc(F)c1F)[C@@H]2c1ccsc1. The maximum absolute atomic E-state index is 14.9. The Bertz CT molecular complexity index is 1290. The Balaban J connectivity index is 1.82. The molecule has 1 N–H and O–H groups in total. The van der Waals surface area contributed by atoms with Gasteiger partial charge in [-0.2, -0.15) is 15.7 Å². The van der Waals surface area contributed by atoms with E-state index in [0.29, 0.717) is 5.56 Å². The summed E-state index contributed by atoms with van der Waals surface area (Å²) in [5.41, 5.74) is 0.212. The smallest absolute Gasteiger partial charge is 0.278 e. The summed E-state index contributed by atoms with van der Waals surface area (Å²) in [7, 11) is 0. The van der Waals surface area contributed by atoms with Gasteiger partial charge in [0.1, 0.15) is 19.3 Å². The Labute approximate surface area is 185 Å². The number of thiophene rings is 1. The molecule has 5 rings (SSSR count). The molecule has 1 aromatic carbocycles. The molecule has 4 heterocycles. The molecule has 32 heavy (non-hydrogen) atoms. The number of aromatic hydroxyl groups is 1. The minimum Gasteiger partial charge on any atom is -0.502 e. The summed E-state index contributed by atoms with van der Waals surface area (Å²) in [4.78, 5) is 26.6. The second-order valence-corrected chi connectivity index (χ2v) is 8.13. The average Bonchev–Trinajstić information content (AvgIpc) is 3.30. The van der Waals surface area contributed by atoms with E-state index >= 15 is 0 Å². The molecule has 0 aliphatic carbocycles. The van der Waals surface area contributed by atoms with Crippen LogP contribution in [0.3, 0.4) is 0 Å². The van der Waals surface area contributed by atoms with Crippen LogP contribution in [0, 0.1) is 11.6 Å². The lowest BCUT2D eigenvalue weighted by Gasteiger charge is -2.43. The molecule has 1 amide bonds. The Hall–Kier alpha value is -3.66. The number of fused-ring (bicyclic) bond motifs is 5. The zero-order chi connectivity index (χ0) is 22.4. The van der Waals surface area contributed by atoms with E-state index in [-0.39, 0.29) is 31.3 Å². The van der Waals surface area contributed by atoms with E-state index in [1.807, 2.05) is 16.8 Å². The van der Waals surface area contributed by atoms with E-state index in [4.69, 9.17) is 4.74 Å². The van der Waals surface area contributed by atoms with Crippen LogP contribution in [-0.4, -0.2) is 40.4 Å². The van der Waals surface area contributed by atoms with Crippen molar-refractivity contribution < 1.29 is 23.4 Å². The highest BCUT2D eigenvalue weighted by Crippen LogP contribution is 2.39. The average molecular weight is 457 g/mol. The number of hydrogen-bond donors (Lipinski definition) is 1. The summed E-state index contributed by atoms with van der Waals surface area (Å²) in [6.45, 7) is 0.212. The molecule has 2 aliphatic heterocycles. The molecule has 0 spiro atoms. The maximum atomic E-state index is 14.9. The highest BCUT2D eigenvalue weighted by Gasteiger charge is 2.38. The molecule has 0 saturated carbocycles. The van der Waals surface area contributed by atoms with Crippen LogP contribution in [0.25, 0.3) is 0 Å². The molecule has 164 valence electrons. The fourth-order valence-corrected chi connectivity index (χ4v) is 4.67. The molecule has 2 aliphatic rings. The van der Waals surface area contributed by atoms with Gasteiger partial charge in [-0.25, -0.2) is 4.39 Å². The van der Waals surface area contributed by atoms with Crippen molar-refractivity contribution in [2.24, 2.45) is 0 Å². The summed E-state index contributed by atoms with van der Waals surface area (Å²) in [6.07, 6.45) is 4.65. The molecule has 7 nitrogen and oxygen atoms in total. The van der Waals surface area contributed by atoms with Crippen molar-refractivity contribution >= 4 is 17.2 Å². The topological polar surface area (TPSA) is 75.0 Å². The first kappa shape index (κ1) is 20.3. The van der Waals surface area contributed by atoms with E-state index in [0.717, 1.165) is 17.7 Å². The van der Waals surface area contributed by atoms with E-state index < -0.39 is 34.8 Å². The molecule has 0 unspecified atom stereocenters. The predicted molar refractivity (Wildman–Crippen MR) is 114 cm³/mol. The quantitative estimate of drug-likeness (QED) is 0.569. The van der Waals surface area contributed by atoms with Crippen molar-refractivity contribution in [2.75, 3.05) is 24.8 Å². The van der Waals surface area contributed by atoms with Gasteiger partial charge in [0.25, 0.3) is 5.91 Å². The fourth-order valence-electron chi connectivity index (χ4n) is 3.99. The van der Waals surface area contributed by atoms with Gasteiger partial charge in [0, 0.05) is 24.4 Å². The Kier molecular flexibility index (Phi) is 4.93. The monoisotopic (exact) mass is 457 g/mol. The van der Waals surface area contributed by atoms with Crippen molar-refractivity contribution in [3.05, 3.63) is 92.1 Å².